The molecule has 0 aliphatic heterocycles. The summed E-state index contributed by atoms with van der Waals surface area (Å²) < 4.78 is 19.0. The van der Waals surface area contributed by atoms with Gasteiger partial charge in [0.25, 0.3) is 5.56 Å². The molecular formula is C23H15FN2O2. The summed E-state index contributed by atoms with van der Waals surface area (Å²) >= 11 is 0. The highest BCUT2D eigenvalue weighted by Crippen LogP contribution is 2.22. The van der Waals surface area contributed by atoms with Gasteiger partial charge in [-0.2, -0.15) is 0 Å². The third-order valence-electron chi connectivity index (χ3n) is 4.28. The van der Waals surface area contributed by atoms with Crippen LogP contribution in [0, 0.1) is 17.7 Å². The fourth-order valence-corrected chi connectivity index (χ4v) is 2.85. The highest BCUT2D eigenvalue weighted by molar-refractivity contribution is 5.80. The minimum absolute atomic E-state index is 0.251. The predicted molar refractivity (Wildman–Crippen MR) is 107 cm³/mol. The van der Waals surface area contributed by atoms with Crippen LogP contribution in [0.2, 0.25) is 0 Å². The lowest BCUT2D eigenvalue weighted by Crippen LogP contribution is -2.09. The number of nitrogens with one attached hydrogen (secondary N) is 1. The van der Waals surface area contributed by atoms with Gasteiger partial charge in [-0.15, -0.1) is 0 Å². The van der Waals surface area contributed by atoms with E-state index in [0.717, 1.165) is 11.3 Å². The molecule has 0 unspecified atom stereocenters. The molecule has 0 bridgehead atoms. The van der Waals surface area contributed by atoms with Crippen LogP contribution in [0.5, 0.6) is 5.75 Å². The van der Waals surface area contributed by atoms with Crippen LogP contribution in [0.1, 0.15) is 11.1 Å². The van der Waals surface area contributed by atoms with Crippen molar-refractivity contribution in [3.8, 4) is 29.0 Å². The summed E-state index contributed by atoms with van der Waals surface area (Å²) in [5, 5.41) is 0.499. The maximum absolute atomic E-state index is 13.8. The summed E-state index contributed by atoms with van der Waals surface area (Å²) in [5.74, 6) is 6.66. The third kappa shape index (κ3) is 3.49. The van der Waals surface area contributed by atoms with Crippen LogP contribution in [0.25, 0.3) is 22.3 Å². The molecule has 0 radical (unpaired) electrons. The number of H-pyrrole nitrogens is 1. The van der Waals surface area contributed by atoms with E-state index in [1.54, 1.807) is 43.5 Å². The fourth-order valence-electron chi connectivity index (χ4n) is 2.85. The normalized spacial score (nSPS) is 10.4. The first-order valence-electron chi connectivity index (χ1n) is 8.59. The monoisotopic (exact) mass is 370 g/mol. The van der Waals surface area contributed by atoms with Gasteiger partial charge < -0.3 is 9.72 Å². The molecule has 0 aliphatic rings. The van der Waals surface area contributed by atoms with Crippen molar-refractivity contribution < 1.29 is 9.13 Å². The van der Waals surface area contributed by atoms with Crippen LogP contribution < -0.4 is 10.3 Å². The van der Waals surface area contributed by atoms with E-state index in [1.165, 1.54) is 12.1 Å². The van der Waals surface area contributed by atoms with E-state index in [1.807, 2.05) is 18.2 Å². The number of hydrogen-bond donors (Lipinski definition) is 1. The first-order chi connectivity index (χ1) is 13.6. The van der Waals surface area contributed by atoms with Gasteiger partial charge in [0.1, 0.15) is 17.4 Å². The van der Waals surface area contributed by atoms with Crippen molar-refractivity contribution in [1.29, 1.82) is 0 Å². The summed E-state index contributed by atoms with van der Waals surface area (Å²) in [4.78, 5) is 19.7. The maximum atomic E-state index is 13.8. The summed E-state index contributed by atoms with van der Waals surface area (Å²) in [6.07, 6.45) is 0. The second-order valence-corrected chi connectivity index (χ2v) is 6.10. The van der Waals surface area contributed by atoms with Gasteiger partial charge in [-0.25, -0.2) is 9.37 Å². The average Bonchev–Trinajstić information content (AvgIpc) is 2.72. The molecule has 136 valence electrons. The van der Waals surface area contributed by atoms with E-state index in [2.05, 4.69) is 21.8 Å². The van der Waals surface area contributed by atoms with Gasteiger partial charge in [-0.1, -0.05) is 24.0 Å². The van der Waals surface area contributed by atoms with E-state index in [0.29, 0.717) is 27.9 Å². The summed E-state index contributed by atoms with van der Waals surface area (Å²) in [6.45, 7) is 0. The van der Waals surface area contributed by atoms with E-state index < -0.39 is 5.82 Å². The second kappa shape index (κ2) is 7.37. The predicted octanol–water partition coefficient (Wildman–Crippen LogP) is 4.14. The van der Waals surface area contributed by atoms with Crippen molar-refractivity contribution in [3.63, 3.8) is 0 Å². The maximum Gasteiger partial charge on any atom is 0.259 e. The number of fused-ring (bicyclic) bond motifs is 1. The van der Waals surface area contributed by atoms with Crippen molar-refractivity contribution in [2.75, 3.05) is 7.11 Å². The molecule has 0 fully saturated rings. The van der Waals surface area contributed by atoms with Crippen LogP contribution in [0.15, 0.2) is 71.5 Å². The average molecular weight is 370 g/mol. The standard InChI is InChI=1S/C23H15FN2O2/c1-28-18-11-7-15(8-12-18)6-9-16-14-17(24)10-13-19(16)22-25-21-5-3-2-4-20(21)23(27)26-22/h2-5,7-8,10-14H,1H3,(H,25,26,27). The van der Waals surface area contributed by atoms with Crippen LogP contribution in [-0.2, 0) is 0 Å². The Bertz CT molecular complexity index is 1280. The molecule has 1 heterocycles. The Morgan fingerprint density at radius 1 is 1.00 bits per heavy atom. The van der Waals surface area contributed by atoms with Gasteiger partial charge >= 0.3 is 0 Å². The number of benzene rings is 3. The molecule has 4 nitrogen and oxygen atoms in total. The number of methoxy groups -OCH3 is 1. The zero-order chi connectivity index (χ0) is 19.5. The minimum atomic E-state index is -0.411. The Hall–Kier alpha value is -3.91. The lowest BCUT2D eigenvalue weighted by molar-refractivity contribution is 0.415. The second-order valence-electron chi connectivity index (χ2n) is 6.10. The van der Waals surface area contributed by atoms with E-state index >= 15 is 0 Å². The van der Waals surface area contributed by atoms with E-state index in [-0.39, 0.29) is 5.56 Å². The van der Waals surface area contributed by atoms with Crippen molar-refractivity contribution in [2.24, 2.45) is 0 Å². The zero-order valence-corrected chi connectivity index (χ0v) is 15.0. The van der Waals surface area contributed by atoms with Crippen molar-refractivity contribution >= 4 is 10.9 Å². The van der Waals surface area contributed by atoms with Gasteiger partial charge in [0.15, 0.2) is 0 Å². The number of para-hydroxylation sites is 1. The molecule has 1 aromatic heterocycles. The molecule has 0 aliphatic carbocycles. The van der Waals surface area contributed by atoms with Crippen LogP contribution in [0.4, 0.5) is 4.39 Å². The summed E-state index contributed by atoms with van der Waals surface area (Å²) in [6, 6.07) is 18.5. The van der Waals surface area contributed by atoms with Crippen molar-refractivity contribution in [1.82, 2.24) is 9.97 Å². The molecular weight excluding hydrogens is 355 g/mol. The van der Waals surface area contributed by atoms with Crippen LogP contribution >= 0.6 is 0 Å². The highest BCUT2D eigenvalue weighted by Gasteiger charge is 2.10. The summed E-state index contributed by atoms with van der Waals surface area (Å²) in [5.41, 5.74) is 2.08. The van der Waals surface area contributed by atoms with E-state index in [4.69, 9.17) is 4.74 Å². The Labute approximate surface area is 160 Å². The number of aromatic amines is 1. The number of nitrogens with zero attached hydrogens (tertiary/aromatic N) is 1. The van der Waals surface area contributed by atoms with Crippen LogP contribution in [0.3, 0.4) is 0 Å². The number of aromatic nitrogens is 2. The number of hydrogen-bond acceptors (Lipinski definition) is 3. The molecule has 0 atom stereocenters. The van der Waals surface area contributed by atoms with Gasteiger partial charge in [-0.05, 0) is 54.6 Å². The molecule has 0 spiro atoms. The van der Waals surface area contributed by atoms with Gasteiger partial charge in [-0.3, -0.25) is 4.79 Å². The number of rotatable bonds is 2. The Morgan fingerprint density at radius 2 is 1.79 bits per heavy atom. The Balaban J connectivity index is 1.81. The lowest BCUT2D eigenvalue weighted by atomic mass is 10.1. The van der Waals surface area contributed by atoms with Crippen molar-refractivity contribution in [3.05, 3.63) is 94.0 Å². The number of ether oxygens (including phenoxy) is 1. The smallest absolute Gasteiger partial charge is 0.259 e. The van der Waals surface area contributed by atoms with Gasteiger partial charge in [0.2, 0.25) is 0 Å². The van der Waals surface area contributed by atoms with Crippen molar-refractivity contribution in [2.45, 2.75) is 0 Å². The molecule has 0 amide bonds. The first kappa shape index (κ1) is 17.5. The van der Waals surface area contributed by atoms with Gasteiger partial charge in [0, 0.05) is 16.7 Å². The molecule has 0 saturated heterocycles. The third-order valence-corrected chi connectivity index (χ3v) is 4.28. The SMILES string of the molecule is COc1ccc(C#Cc2cc(F)ccc2-c2nc3ccccc3c(=O)[nH]2)cc1. The lowest BCUT2D eigenvalue weighted by Gasteiger charge is -2.06. The van der Waals surface area contributed by atoms with E-state index in [9.17, 15) is 9.18 Å². The molecule has 1 N–H and O–H groups in total. The minimum Gasteiger partial charge on any atom is -0.497 e. The topological polar surface area (TPSA) is 55.0 Å². The molecule has 4 aromatic rings. The summed E-state index contributed by atoms with van der Waals surface area (Å²) in [7, 11) is 1.59. The zero-order valence-electron chi connectivity index (χ0n) is 15.0. The Morgan fingerprint density at radius 3 is 2.57 bits per heavy atom. The van der Waals surface area contributed by atoms with Crippen LogP contribution in [-0.4, -0.2) is 17.1 Å². The molecule has 28 heavy (non-hydrogen) atoms. The molecule has 3 aromatic carbocycles. The molecule has 0 saturated carbocycles. The first-order valence-corrected chi connectivity index (χ1v) is 8.59. The fraction of sp³-hybridized carbons (Fsp3) is 0.0435. The Kier molecular flexibility index (Phi) is 4.61. The quantitative estimate of drug-likeness (QED) is 0.540. The molecule has 5 heteroatoms. The highest BCUT2D eigenvalue weighted by atomic mass is 19.1. The number of halogens is 1. The van der Waals surface area contributed by atoms with Gasteiger partial charge in [0.05, 0.1) is 18.0 Å². The molecule has 4 rings (SSSR count). The largest absolute Gasteiger partial charge is 0.497 e.